The van der Waals surface area contributed by atoms with Crippen LogP contribution in [0.3, 0.4) is 0 Å². The van der Waals surface area contributed by atoms with Crippen molar-refractivity contribution in [2.45, 2.75) is 19.3 Å². The molecule has 1 aromatic heterocycles. The van der Waals surface area contributed by atoms with Gasteiger partial charge in [-0.05, 0) is 37.6 Å². The summed E-state index contributed by atoms with van der Waals surface area (Å²) in [5.74, 6) is 0.630. The highest BCUT2D eigenvalue weighted by Crippen LogP contribution is 2.29. The standard InChI is InChI=1S/C13H15ClN2/c1-8-11(14)3-2-9-6-12(16-13(8)9)10-4-5-15-7-10/h2-3,6,10,15-16H,4-5,7H2,1H3. The van der Waals surface area contributed by atoms with Crippen molar-refractivity contribution in [2.24, 2.45) is 0 Å². The molecule has 1 fully saturated rings. The molecule has 16 heavy (non-hydrogen) atoms. The van der Waals surface area contributed by atoms with Gasteiger partial charge < -0.3 is 10.3 Å². The van der Waals surface area contributed by atoms with Crippen molar-refractivity contribution < 1.29 is 0 Å². The third-order valence-electron chi connectivity index (χ3n) is 3.51. The van der Waals surface area contributed by atoms with E-state index in [1.807, 2.05) is 6.07 Å². The first-order valence-electron chi connectivity index (χ1n) is 5.74. The fraction of sp³-hybridized carbons (Fsp3) is 0.385. The van der Waals surface area contributed by atoms with Crippen LogP contribution in [-0.2, 0) is 0 Å². The Morgan fingerprint density at radius 3 is 3.00 bits per heavy atom. The predicted molar refractivity (Wildman–Crippen MR) is 68.3 cm³/mol. The second-order valence-electron chi connectivity index (χ2n) is 4.55. The van der Waals surface area contributed by atoms with Gasteiger partial charge in [-0.25, -0.2) is 0 Å². The lowest BCUT2D eigenvalue weighted by Crippen LogP contribution is -2.07. The van der Waals surface area contributed by atoms with E-state index in [4.69, 9.17) is 11.6 Å². The highest BCUT2D eigenvalue weighted by Gasteiger charge is 2.18. The molecule has 3 heteroatoms. The van der Waals surface area contributed by atoms with Crippen LogP contribution >= 0.6 is 11.6 Å². The zero-order valence-corrected chi connectivity index (χ0v) is 10.1. The Kier molecular flexibility index (Phi) is 2.41. The van der Waals surface area contributed by atoms with E-state index in [1.54, 1.807) is 0 Å². The molecule has 0 bridgehead atoms. The lowest BCUT2D eigenvalue weighted by atomic mass is 10.1. The molecule has 1 saturated heterocycles. The number of H-pyrrole nitrogens is 1. The van der Waals surface area contributed by atoms with Crippen molar-refractivity contribution >= 4 is 22.5 Å². The Morgan fingerprint density at radius 2 is 2.25 bits per heavy atom. The molecular weight excluding hydrogens is 220 g/mol. The van der Waals surface area contributed by atoms with Crippen LogP contribution in [0.15, 0.2) is 18.2 Å². The van der Waals surface area contributed by atoms with E-state index in [-0.39, 0.29) is 0 Å². The lowest BCUT2D eigenvalue weighted by Gasteiger charge is -2.04. The summed E-state index contributed by atoms with van der Waals surface area (Å²) in [5.41, 5.74) is 3.68. The molecule has 1 unspecified atom stereocenters. The van der Waals surface area contributed by atoms with Gasteiger partial charge in [-0.3, -0.25) is 0 Å². The van der Waals surface area contributed by atoms with Gasteiger partial charge in [0.25, 0.3) is 0 Å². The molecule has 3 rings (SSSR count). The van der Waals surface area contributed by atoms with Gasteiger partial charge in [0.1, 0.15) is 0 Å². The second kappa shape index (κ2) is 3.79. The van der Waals surface area contributed by atoms with Crippen molar-refractivity contribution in [2.75, 3.05) is 13.1 Å². The van der Waals surface area contributed by atoms with Crippen LogP contribution in [0.1, 0.15) is 23.6 Å². The number of aromatic amines is 1. The van der Waals surface area contributed by atoms with E-state index in [2.05, 4.69) is 29.4 Å². The summed E-state index contributed by atoms with van der Waals surface area (Å²) in [7, 11) is 0. The summed E-state index contributed by atoms with van der Waals surface area (Å²) >= 11 is 6.12. The number of hydrogen-bond acceptors (Lipinski definition) is 1. The topological polar surface area (TPSA) is 27.8 Å². The maximum Gasteiger partial charge on any atom is 0.0500 e. The fourth-order valence-corrected chi connectivity index (χ4v) is 2.64. The van der Waals surface area contributed by atoms with Crippen molar-refractivity contribution in [1.82, 2.24) is 10.3 Å². The molecule has 84 valence electrons. The van der Waals surface area contributed by atoms with Crippen LogP contribution in [0.5, 0.6) is 0 Å². The third-order valence-corrected chi connectivity index (χ3v) is 3.92. The number of fused-ring (bicyclic) bond motifs is 1. The predicted octanol–water partition coefficient (Wildman–Crippen LogP) is 3.21. The Hall–Kier alpha value is -0.990. The molecule has 1 aromatic carbocycles. The van der Waals surface area contributed by atoms with Gasteiger partial charge in [-0.2, -0.15) is 0 Å². The molecule has 2 nitrogen and oxygen atoms in total. The summed E-state index contributed by atoms with van der Waals surface area (Å²) in [5, 5.41) is 5.50. The Bertz CT molecular complexity index is 524. The molecule has 0 amide bonds. The van der Waals surface area contributed by atoms with E-state index < -0.39 is 0 Å². The van der Waals surface area contributed by atoms with E-state index in [9.17, 15) is 0 Å². The average Bonchev–Trinajstić information content (AvgIpc) is 2.91. The van der Waals surface area contributed by atoms with Crippen molar-refractivity contribution in [1.29, 1.82) is 0 Å². The fourth-order valence-electron chi connectivity index (χ4n) is 2.48. The molecule has 2 aromatic rings. The average molecular weight is 235 g/mol. The summed E-state index contributed by atoms with van der Waals surface area (Å²) in [4.78, 5) is 3.52. The molecule has 1 atom stereocenters. The monoisotopic (exact) mass is 234 g/mol. The van der Waals surface area contributed by atoms with Gasteiger partial charge >= 0.3 is 0 Å². The molecule has 1 aliphatic heterocycles. The smallest absolute Gasteiger partial charge is 0.0500 e. The normalized spacial score (nSPS) is 20.8. The van der Waals surface area contributed by atoms with Crippen molar-refractivity contribution in [3.05, 3.63) is 34.5 Å². The minimum Gasteiger partial charge on any atom is -0.358 e. The van der Waals surface area contributed by atoms with Gasteiger partial charge in [0.15, 0.2) is 0 Å². The maximum atomic E-state index is 6.12. The molecule has 2 heterocycles. The minimum absolute atomic E-state index is 0.630. The molecule has 0 spiro atoms. The van der Waals surface area contributed by atoms with Crippen molar-refractivity contribution in [3.63, 3.8) is 0 Å². The van der Waals surface area contributed by atoms with Crippen LogP contribution in [0, 0.1) is 6.92 Å². The number of hydrogen-bond donors (Lipinski definition) is 2. The van der Waals surface area contributed by atoms with Gasteiger partial charge in [0.2, 0.25) is 0 Å². The van der Waals surface area contributed by atoms with Gasteiger partial charge in [-0.1, -0.05) is 17.7 Å². The van der Waals surface area contributed by atoms with Gasteiger partial charge in [0.05, 0.1) is 5.52 Å². The van der Waals surface area contributed by atoms with Gasteiger partial charge in [0, 0.05) is 28.6 Å². The Morgan fingerprint density at radius 1 is 1.38 bits per heavy atom. The quantitative estimate of drug-likeness (QED) is 0.779. The Balaban J connectivity index is 2.11. The van der Waals surface area contributed by atoms with Crippen LogP contribution in [0.25, 0.3) is 10.9 Å². The summed E-state index contributed by atoms with van der Waals surface area (Å²) in [6.45, 7) is 4.28. The number of rotatable bonds is 1. The van der Waals surface area contributed by atoms with Gasteiger partial charge in [-0.15, -0.1) is 0 Å². The van der Waals surface area contributed by atoms with E-state index in [0.717, 1.165) is 23.7 Å². The lowest BCUT2D eigenvalue weighted by molar-refractivity contribution is 0.743. The third kappa shape index (κ3) is 1.53. The first-order chi connectivity index (χ1) is 7.75. The second-order valence-corrected chi connectivity index (χ2v) is 4.96. The molecule has 1 aliphatic rings. The summed E-state index contributed by atoms with van der Waals surface area (Å²) in [6, 6.07) is 6.33. The molecule has 2 N–H and O–H groups in total. The largest absolute Gasteiger partial charge is 0.358 e. The first-order valence-corrected chi connectivity index (χ1v) is 6.12. The zero-order chi connectivity index (χ0) is 11.1. The minimum atomic E-state index is 0.630. The molecule has 0 aliphatic carbocycles. The highest BCUT2D eigenvalue weighted by molar-refractivity contribution is 6.32. The highest BCUT2D eigenvalue weighted by atomic mass is 35.5. The van der Waals surface area contributed by atoms with E-state index >= 15 is 0 Å². The van der Waals surface area contributed by atoms with E-state index in [0.29, 0.717) is 5.92 Å². The number of aryl methyl sites for hydroxylation is 1. The molecular formula is C13H15ClN2. The van der Waals surface area contributed by atoms with Crippen LogP contribution in [0.2, 0.25) is 5.02 Å². The maximum absolute atomic E-state index is 6.12. The van der Waals surface area contributed by atoms with Crippen LogP contribution in [-0.4, -0.2) is 18.1 Å². The summed E-state index contributed by atoms with van der Waals surface area (Å²) in [6.07, 6.45) is 1.22. The SMILES string of the molecule is Cc1c(Cl)ccc2cc(C3CCNC3)[nH]c12. The molecule has 0 saturated carbocycles. The number of benzene rings is 1. The van der Waals surface area contributed by atoms with Crippen LogP contribution < -0.4 is 5.32 Å². The first kappa shape index (κ1) is 10.2. The number of nitrogens with one attached hydrogen (secondary N) is 2. The van der Waals surface area contributed by atoms with E-state index in [1.165, 1.54) is 23.0 Å². The van der Waals surface area contributed by atoms with Crippen LogP contribution in [0.4, 0.5) is 0 Å². The van der Waals surface area contributed by atoms with Crippen molar-refractivity contribution in [3.8, 4) is 0 Å². The number of halogens is 1. The summed E-state index contributed by atoms with van der Waals surface area (Å²) < 4.78 is 0. The zero-order valence-electron chi connectivity index (χ0n) is 9.31. The number of aromatic nitrogens is 1. The molecule has 0 radical (unpaired) electrons. The Labute approximate surface area is 100.0 Å².